The molecule has 0 aliphatic rings. The highest BCUT2D eigenvalue weighted by Crippen LogP contribution is 2.17. The van der Waals surface area contributed by atoms with Gasteiger partial charge in [0.2, 0.25) is 5.28 Å². The lowest BCUT2D eigenvalue weighted by atomic mass is 10.3. The van der Waals surface area contributed by atoms with Crippen LogP contribution in [0, 0.1) is 6.92 Å². The number of imidazole rings is 1. The Labute approximate surface area is 156 Å². The van der Waals surface area contributed by atoms with Crippen molar-refractivity contribution in [2.45, 2.75) is 13.5 Å². The van der Waals surface area contributed by atoms with Crippen LogP contribution >= 0.6 is 11.6 Å². The summed E-state index contributed by atoms with van der Waals surface area (Å²) < 4.78 is 5.13. The average molecular weight is 387 g/mol. The fourth-order valence-corrected chi connectivity index (χ4v) is 3.29. The number of rotatable bonds is 2. The van der Waals surface area contributed by atoms with Gasteiger partial charge < -0.3 is 4.57 Å². The summed E-state index contributed by atoms with van der Waals surface area (Å²) in [5.41, 5.74) is 1.01. The summed E-state index contributed by atoms with van der Waals surface area (Å²) in [6, 6.07) is 5.00. The number of nitrogens with zero attached hydrogens (tertiary/aromatic N) is 6. The molecular weight excluding hydrogens is 372 g/mol. The topological polar surface area (TPSA) is 96.2 Å². The highest BCUT2D eigenvalue weighted by atomic mass is 35.5. The maximum absolute atomic E-state index is 12.6. The summed E-state index contributed by atoms with van der Waals surface area (Å²) in [7, 11) is 2.90. The van der Waals surface area contributed by atoms with Gasteiger partial charge in [-0.05, 0) is 36.2 Å². The minimum atomic E-state index is -0.513. The number of hydrogen-bond donors (Lipinski definition) is 0. The van der Waals surface area contributed by atoms with Crippen molar-refractivity contribution in [2.24, 2.45) is 14.1 Å². The zero-order valence-corrected chi connectivity index (χ0v) is 15.6. The molecule has 0 fully saturated rings. The van der Waals surface area contributed by atoms with Crippen molar-refractivity contribution in [2.75, 3.05) is 0 Å². The van der Waals surface area contributed by atoms with Gasteiger partial charge in [0.1, 0.15) is 5.65 Å². The zero-order chi connectivity index (χ0) is 19.5. The van der Waals surface area contributed by atoms with Crippen LogP contribution < -0.4 is 16.8 Å². The summed E-state index contributed by atoms with van der Waals surface area (Å²) >= 11 is 6.23. The van der Waals surface area contributed by atoms with Crippen molar-refractivity contribution >= 4 is 28.4 Å². The first-order valence-corrected chi connectivity index (χ1v) is 8.46. The predicted octanol–water partition coefficient (Wildman–Crippen LogP) is 0.452. The molecule has 0 amide bonds. The Balaban J connectivity index is 1.96. The van der Waals surface area contributed by atoms with Crippen LogP contribution in [0.15, 0.2) is 38.8 Å². The van der Waals surface area contributed by atoms with Gasteiger partial charge in [-0.1, -0.05) is 0 Å². The van der Waals surface area contributed by atoms with E-state index in [0.717, 1.165) is 10.1 Å². The Bertz CT molecular complexity index is 1410. The second kappa shape index (κ2) is 5.92. The molecule has 4 aromatic rings. The predicted molar refractivity (Wildman–Crippen MR) is 101 cm³/mol. The molecule has 0 atom stereocenters. The Hall–Kier alpha value is -3.20. The smallest absolute Gasteiger partial charge is 0.303 e. The number of pyridine rings is 1. The van der Waals surface area contributed by atoms with E-state index >= 15 is 0 Å². The van der Waals surface area contributed by atoms with Crippen LogP contribution in [0.2, 0.25) is 5.28 Å². The summed E-state index contributed by atoms with van der Waals surface area (Å²) in [5, 5.41) is 0.0366. The van der Waals surface area contributed by atoms with E-state index < -0.39 is 11.2 Å². The Morgan fingerprint density at radius 3 is 2.56 bits per heavy atom. The third-order valence-corrected chi connectivity index (χ3v) is 4.79. The van der Waals surface area contributed by atoms with Crippen LogP contribution in [0.25, 0.3) is 16.8 Å². The van der Waals surface area contributed by atoms with Crippen molar-refractivity contribution in [1.82, 2.24) is 28.1 Å². The van der Waals surface area contributed by atoms with Gasteiger partial charge in [0.05, 0.1) is 12.2 Å². The maximum atomic E-state index is 12.6. The summed E-state index contributed by atoms with van der Waals surface area (Å²) in [6.45, 7) is 1.98. The largest absolute Gasteiger partial charge is 0.332 e. The van der Waals surface area contributed by atoms with Crippen molar-refractivity contribution in [3.63, 3.8) is 0 Å². The van der Waals surface area contributed by atoms with Gasteiger partial charge in [0.15, 0.2) is 11.2 Å². The SMILES string of the molecule is Cc1ccn2c(=O)cc(Cn3c(Cl)nc4c3c(=O)n(C)c(=O)n4C)nc2c1. The number of aromatic nitrogens is 6. The van der Waals surface area contributed by atoms with Crippen LogP contribution in [-0.4, -0.2) is 28.1 Å². The van der Waals surface area contributed by atoms with Gasteiger partial charge in [0, 0.05) is 26.4 Å². The standard InChI is InChI=1S/C17H15ClN6O3/c1-9-4-5-23-11(6-9)19-10(7-12(23)25)8-24-13-14(20-16(24)18)21(2)17(27)22(3)15(13)26/h4-7H,8H2,1-3H3. The normalized spacial score (nSPS) is 11.6. The monoisotopic (exact) mass is 386 g/mol. The van der Waals surface area contributed by atoms with Gasteiger partial charge in [-0.15, -0.1) is 0 Å². The third-order valence-electron chi connectivity index (χ3n) is 4.50. The van der Waals surface area contributed by atoms with E-state index in [1.807, 2.05) is 13.0 Å². The van der Waals surface area contributed by atoms with E-state index in [2.05, 4.69) is 9.97 Å². The quantitative estimate of drug-likeness (QED) is 0.466. The molecule has 10 heteroatoms. The van der Waals surface area contributed by atoms with Crippen LogP contribution in [-0.2, 0) is 20.6 Å². The molecule has 0 saturated carbocycles. The first-order valence-electron chi connectivity index (χ1n) is 8.08. The molecule has 0 aliphatic carbocycles. The van der Waals surface area contributed by atoms with E-state index in [1.165, 1.54) is 33.7 Å². The average Bonchev–Trinajstić information content (AvgIpc) is 2.94. The fourth-order valence-electron chi connectivity index (χ4n) is 3.06. The second-order valence-electron chi connectivity index (χ2n) is 6.36. The Morgan fingerprint density at radius 2 is 1.81 bits per heavy atom. The van der Waals surface area contributed by atoms with Gasteiger partial charge in [-0.2, -0.15) is 4.98 Å². The Morgan fingerprint density at radius 1 is 1.07 bits per heavy atom. The molecule has 0 saturated heterocycles. The first-order chi connectivity index (χ1) is 12.8. The molecule has 4 rings (SSSR count). The number of hydrogen-bond acceptors (Lipinski definition) is 5. The van der Waals surface area contributed by atoms with Crippen LogP contribution in [0.1, 0.15) is 11.3 Å². The number of aryl methyl sites for hydroxylation is 2. The molecule has 27 heavy (non-hydrogen) atoms. The maximum Gasteiger partial charge on any atom is 0.332 e. The molecular formula is C17H15ClN6O3. The lowest BCUT2D eigenvalue weighted by Crippen LogP contribution is -2.37. The molecule has 4 heterocycles. The lowest BCUT2D eigenvalue weighted by Gasteiger charge is -2.08. The summed E-state index contributed by atoms with van der Waals surface area (Å²) in [5.74, 6) is 0. The molecule has 0 radical (unpaired) electrons. The van der Waals surface area contributed by atoms with Crippen molar-refractivity contribution in [1.29, 1.82) is 0 Å². The minimum Gasteiger partial charge on any atom is -0.303 e. The van der Waals surface area contributed by atoms with Crippen LogP contribution in [0.4, 0.5) is 0 Å². The number of halogens is 1. The third kappa shape index (κ3) is 2.58. The molecule has 4 aromatic heterocycles. The molecule has 9 nitrogen and oxygen atoms in total. The lowest BCUT2D eigenvalue weighted by molar-refractivity contribution is 0.701. The summed E-state index contributed by atoms with van der Waals surface area (Å²) in [4.78, 5) is 45.7. The Kier molecular flexibility index (Phi) is 3.77. The van der Waals surface area contributed by atoms with Crippen LogP contribution in [0.5, 0.6) is 0 Å². The van der Waals surface area contributed by atoms with Gasteiger partial charge in [0.25, 0.3) is 11.1 Å². The van der Waals surface area contributed by atoms with E-state index in [4.69, 9.17) is 11.6 Å². The van der Waals surface area contributed by atoms with E-state index in [-0.39, 0.29) is 28.6 Å². The highest BCUT2D eigenvalue weighted by Gasteiger charge is 2.19. The van der Waals surface area contributed by atoms with E-state index in [1.54, 1.807) is 12.3 Å². The van der Waals surface area contributed by atoms with Gasteiger partial charge in [-0.25, -0.2) is 9.78 Å². The molecule has 0 N–H and O–H groups in total. The molecule has 0 spiro atoms. The summed E-state index contributed by atoms with van der Waals surface area (Å²) in [6.07, 6.45) is 1.66. The van der Waals surface area contributed by atoms with Crippen LogP contribution in [0.3, 0.4) is 0 Å². The molecule has 0 aliphatic heterocycles. The molecule has 0 bridgehead atoms. The van der Waals surface area contributed by atoms with Gasteiger partial charge in [-0.3, -0.25) is 23.1 Å². The van der Waals surface area contributed by atoms with E-state index in [9.17, 15) is 14.4 Å². The molecule has 0 aromatic carbocycles. The minimum absolute atomic E-state index is 0.0366. The zero-order valence-electron chi connectivity index (χ0n) is 14.8. The fraction of sp³-hybridized carbons (Fsp3) is 0.235. The number of fused-ring (bicyclic) bond motifs is 2. The highest BCUT2D eigenvalue weighted by molar-refractivity contribution is 6.29. The van der Waals surface area contributed by atoms with Crippen molar-refractivity contribution < 1.29 is 0 Å². The first kappa shape index (κ1) is 17.2. The molecule has 0 unspecified atom stereocenters. The second-order valence-corrected chi connectivity index (χ2v) is 6.70. The molecule has 138 valence electrons. The van der Waals surface area contributed by atoms with E-state index in [0.29, 0.717) is 11.3 Å². The van der Waals surface area contributed by atoms with Gasteiger partial charge >= 0.3 is 5.69 Å². The van der Waals surface area contributed by atoms with Crippen molar-refractivity contribution in [3.8, 4) is 0 Å². The van der Waals surface area contributed by atoms with Crippen molar-refractivity contribution in [3.05, 3.63) is 72.1 Å².